The summed E-state index contributed by atoms with van der Waals surface area (Å²) in [7, 11) is 0. The summed E-state index contributed by atoms with van der Waals surface area (Å²) in [4.78, 5) is 24.2. The molecule has 0 bridgehead atoms. The first-order valence-electron chi connectivity index (χ1n) is 6.31. The number of nitrogens with two attached hydrogens (primary N) is 1. The van der Waals surface area contributed by atoms with Gasteiger partial charge in [0.25, 0.3) is 5.91 Å². The molecule has 1 saturated heterocycles. The number of nitrogens with zero attached hydrogens (tertiary/aromatic N) is 1. The SMILES string of the molecule is CC(C)C[C@@H](N)C(O)C(=O)N1CCC[C@H]1C(=O)O. The standard InChI is InChI=1S/C12H22N2O4/c1-7(2)6-8(13)10(15)11(16)14-5-3-4-9(14)12(17)18/h7-10,15H,3-6,13H2,1-2H3,(H,17,18)/t8-,9+,10?/m1/s1. The predicted molar refractivity (Wildman–Crippen MR) is 65.8 cm³/mol. The molecule has 18 heavy (non-hydrogen) atoms. The van der Waals surface area contributed by atoms with Crippen LogP contribution in [0.5, 0.6) is 0 Å². The van der Waals surface area contributed by atoms with Gasteiger partial charge in [-0.2, -0.15) is 0 Å². The lowest BCUT2D eigenvalue weighted by Gasteiger charge is -2.27. The van der Waals surface area contributed by atoms with Crippen molar-refractivity contribution in [3.05, 3.63) is 0 Å². The third kappa shape index (κ3) is 3.43. The molecule has 1 aliphatic rings. The molecule has 0 aliphatic carbocycles. The van der Waals surface area contributed by atoms with Crippen LogP contribution in [0.2, 0.25) is 0 Å². The lowest BCUT2D eigenvalue weighted by atomic mass is 9.99. The summed E-state index contributed by atoms with van der Waals surface area (Å²) < 4.78 is 0. The van der Waals surface area contributed by atoms with Crippen molar-refractivity contribution in [2.24, 2.45) is 11.7 Å². The number of carbonyl (C=O) groups excluding carboxylic acids is 1. The zero-order valence-electron chi connectivity index (χ0n) is 10.9. The van der Waals surface area contributed by atoms with Crippen LogP contribution in [0, 0.1) is 5.92 Å². The maximum atomic E-state index is 12.0. The molecule has 0 aromatic heterocycles. The number of aliphatic hydroxyl groups excluding tert-OH is 1. The van der Waals surface area contributed by atoms with Crippen LogP contribution in [0.1, 0.15) is 33.1 Å². The number of aliphatic carboxylic acids is 1. The van der Waals surface area contributed by atoms with Crippen LogP contribution in [0.25, 0.3) is 0 Å². The molecule has 6 heteroatoms. The molecule has 1 amide bonds. The summed E-state index contributed by atoms with van der Waals surface area (Å²) in [6, 6.07) is -1.47. The Morgan fingerprint density at radius 1 is 1.44 bits per heavy atom. The highest BCUT2D eigenvalue weighted by Crippen LogP contribution is 2.19. The summed E-state index contributed by atoms with van der Waals surface area (Å²) in [5.41, 5.74) is 5.76. The monoisotopic (exact) mass is 258 g/mol. The minimum atomic E-state index is -1.31. The van der Waals surface area contributed by atoms with Gasteiger partial charge in [-0.15, -0.1) is 0 Å². The van der Waals surface area contributed by atoms with Crippen molar-refractivity contribution in [1.82, 2.24) is 4.90 Å². The van der Waals surface area contributed by atoms with E-state index in [0.717, 1.165) is 0 Å². The first-order valence-corrected chi connectivity index (χ1v) is 6.31. The maximum Gasteiger partial charge on any atom is 0.326 e. The van der Waals surface area contributed by atoms with Crippen LogP contribution >= 0.6 is 0 Å². The fourth-order valence-electron chi connectivity index (χ4n) is 2.31. The fraction of sp³-hybridized carbons (Fsp3) is 0.833. The van der Waals surface area contributed by atoms with E-state index in [9.17, 15) is 14.7 Å². The number of likely N-dealkylation sites (tertiary alicyclic amines) is 1. The van der Waals surface area contributed by atoms with Crippen molar-refractivity contribution in [3.8, 4) is 0 Å². The predicted octanol–water partition coefficient (Wildman–Crippen LogP) is -0.204. The molecular weight excluding hydrogens is 236 g/mol. The van der Waals surface area contributed by atoms with E-state index in [2.05, 4.69) is 0 Å². The van der Waals surface area contributed by atoms with Gasteiger partial charge in [0.15, 0.2) is 0 Å². The molecule has 1 unspecified atom stereocenters. The molecule has 6 nitrogen and oxygen atoms in total. The van der Waals surface area contributed by atoms with Gasteiger partial charge >= 0.3 is 5.97 Å². The Kier molecular flexibility index (Phi) is 5.10. The second-order valence-corrected chi connectivity index (χ2v) is 5.27. The van der Waals surface area contributed by atoms with Crippen LogP contribution in [-0.2, 0) is 9.59 Å². The van der Waals surface area contributed by atoms with Crippen molar-refractivity contribution < 1.29 is 19.8 Å². The number of rotatable bonds is 5. The summed E-state index contributed by atoms with van der Waals surface area (Å²) in [5, 5.41) is 18.9. The van der Waals surface area contributed by atoms with Gasteiger partial charge in [-0.1, -0.05) is 13.8 Å². The summed E-state index contributed by atoms with van der Waals surface area (Å²) in [6.45, 7) is 4.28. The highest BCUT2D eigenvalue weighted by atomic mass is 16.4. The molecular formula is C12H22N2O4. The highest BCUT2D eigenvalue weighted by Gasteiger charge is 2.38. The number of carbonyl (C=O) groups is 2. The Balaban J connectivity index is 2.65. The maximum absolute atomic E-state index is 12.0. The fourth-order valence-corrected chi connectivity index (χ4v) is 2.31. The number of amides is 1. The Morgan fingerprint density at radius 3 is 2.56 bits per heavy atom. The molecule has 0 radical (unpaired) electrons. The molecule has 0 spiro atoms. The molecule has 0 aromatic carbocycles. The third-order valence-corrected chi connectivity index (χ3v) is 3.22. The van der Waals surface area contributed by atoms with E-state index in [-0.39, 0.29) is 5.92 Å². The number of hydrogen-bond donors (Lipinski definition) is 3. The molecule has 1 aliphatic heterocycles. The molecule has 1 heterocycles. The van der Waals surface area contributed by atoms with Crippen LogP contribution < -0.4 is 5.73 Å². The van der Waals surface area contributed by atoms with Gasteiger partial charge < -0.3 is 20.8 Å². The minimum absolute atomic E-state index is 0.274. The Hall–Kier alpha value is -1.14. The van der Waals surface area contributed by atoms with Gasteiger partial charge in [0.05, 0.1) is 0 Å². The zero-order valence-corrected chi connectivity index (χ0v) is 10.9. The van der Waals surface area contributed by atoms with E-state index >= 15 is 0 Å². The average molecular weight is 258 g/mol. The number of hydrogen-bond acceptors (Lipinski definition) is 4. The topological polar surface area (TPSA) is 104 Å². The van der Waals surface area contributed by atoms with Crippen LogP contribution in [0.3, 0.4) is 0 Å². The van der Waals surface area contributed by atoms with Gasteiger partial charge in [0, 0.05) is 12.6 Å². The van der Waals surface area contributed by atoms with Crippen LogP contribution in [-0.4, -0.2) is 51.7 Å². The van der Waals surface area contributed by atoms with Crippen LogP contribution in [0.15, 0.2) is 0 Å². The van der Waals surface area contributed by atoms with Crippen molar-refractivity contribution in [2.75, 3.05) is 6.54 Å². The Morgan fingerprint density at radius 2 is 2.06 bits per heavy atom. The first kappa shape index (κ1) is 14.9. The van der Waals surface area contributed by atoms with Crippen molar-refractivity contribution in [3.63, 3.8) is 0 Å². The smallest absolute Gasteiger partial charge is 0.326 e. The zero-order chi connectivity index (χ0) is 13.9. The quantitative estimate of drug-likeness (QED) is 0.633. The Labute approximate surface area is 107 Å². The highest BCUT2D eigenvalue weighted by molar-refractivity contribution is 5.87. The third-order valence-electron chi connectivity index (χ3n) is 3.22. The normalized spacial score (nSPS) is 23.2. The molecule has 1 rings (SSSR count). The first-order chi connectivity index (χ1) is 8.34. The lowest BCUT2D eigenvalue weighted by molar-refractivity contribution is -0.152. The second kappa shape index (κ2) is 6.15. The Bertz CT molecular complexity index is 319. The molecule has 3 atom stereocenters. The number of carboxylic acids is 1. The van der Waals surface area contributed by atoms with Crippen molar-refractivity contribution in [1.29, 1.82) is 0 Å². The van der Waals surface area contributed by atoms with Gasteiger partial charge in [-0.25, -0.2) is 4.79 Å². The van der Waals surface area contributed by atoms with E-state index < -0.39 is 30.1 Å². The summed E-state index contributed by atoms with van der Waals surface area (Å²) in [5.74, 6) is -1.31. The number of aliphatic hydroxyl groups is 1. The van der Waals surface area contributed by atoms with E-state index in [0.29, 0.717) is 25.8 Å². The van der Waals surface area contributed by atoms with Gasteiger partial charge in [0.2, 0.25) is 0 Å². The molecule has 104 valence electrons. The van der Waals surface area contributed by atoms with Crippen LogP contribution in [0.4, 0.5) is 0 Å². The lowest BCUT2D eigenvalue weighted by Crippen LogP contribution is -2.51. The van der Waals surface area contributed by atoms with Crippen molar-refractivity contribution >= 4 is 11.9 Å². The average Bonchev–Trinajstić information content (AvgIpc) is 2.74. The van der Waals surface area contributed by atoms with Gasteiger partial charge in [0.1, 0.15) is 12.1 Å². The van der Waals surface area contributed by atoms with E-state index in [4.69, 9.17) is 10.8 Å². The van der Waals surface area contributed by atoms with E-state index in [1.165, 1.54) is 4.90 Å². The summed E-state index contributed by atoms with van der Waals surface area (Å²) >= 11 is 0. The minimum Gasteiger partial charge on any atom is -0.480 e. The van der Waals surface area contributed by atoms with Crippen molar-refractivity contribution in [2.45, 2.75) is 51.3 Å². The molecule has 0 aromatic rings. The molecule has 1 fully saturated rings. The van der Waals surface area contributed by atoms with Gasteiger partial charge in [-0.05, 0) is 25.2 Å². The second-order valence-electron chi connectivity index (χ2n) is 5.27. The number of carboxylic acid groups (broad SMARTS) is 1. The van der Waals surface area contributed by atoms with E-state index in [1.54, 1.807) is 0 Å². The molecule has 4 N–H and O–H groups in total. The molecule has 0 saturated carbocycles. The largest absolute Gasteiger partial charge is 0.480 e. The van der Waals surface area contributed by atoms with Gasteiger partial charge in [-0.3, -0.25) is 4.79 Å². The summed E-state index contributed by atoms with van der Waals surface area (Å²) in [6.07, 6.45) is 0.299. The van der Waals surface area contributed by atoms with E-state index in [1.807, 2.05) is 13.8 Å².